The van der Waals surface area contributed by atoms with E-state index in [1.165, 1.54) is 4.90 Å². The SMILES string of the molecule is CCc1ccc(/C(O)=C2/C(=O)C(=O)N(CCCOC)C2c2cccc(OC)c2)cc1. The number of hydrogen-bond donors (Lipinski definition) is 1. The fourth-order valence-electron chi connectivity index (χ4n) is 3.70. The van der Waals surface area contributed by atoms with Crippen LogP contribution in [0.2, 0.25) is 0 Å². The van der Waals surface area contributed by atoms with E-state index in [4.69, 9.17) is 9.47 Å². The number of ether oxygens (including phenoxy) is 2. The van der Waals surface area contributed by atoms with Gasteiger partial charge in [-0.1, -0.05) is 43.3 Å². The molecule has 1 fully saturated rings. The van der Waals surface area contributed by atoms with Gasteiger partial charge in [-0.25, -0.2) is 0 Å². The van der Waals surface area contributed by atoms with Crippen LogP contribution in [0.4, 0.5) is 0 Å². The molecule has 6 nitrogen and oxygen atoms in total. The Balaban J connectivity index is 2.11. The van der Waals surface area contributed by atoms with E-state index < -0.39 is 17.7 Å². The number of methoxy groups -OCH3 is 2. The third kappa shape index (κ3) is 4.24. The van der Waals surface area contributed by atoms with E-state index in [9.17, 15) is 14.7 Å². The van der Waals surface area contributed by atoms with Gasteiger partial charge in [-0.05, 0) is 36.1 Å². The fourth-order valence-corrected chi connectivity index (χ4v) is 3.70. The van der Waals surface area contributed by atoms with E-state index in [2.05, 4.69) is 0 Å². The number of carbonyl (C=O) groups excluding carboxylic acids is 2. The van der Waals surface area contributed by atoms with Crippen LogP contribution < -0.4 is 4.74 Å². The molecule has 1 aliphatic rings. The number of carbonyl (C=O) groups is 2. The Morgan fingerprint density at radius 2 is 1.83 bits per heavy atom. The van der Waals surface area contributed by atoms with Gasteiger partial charge in [0.05, 0.1) is 18.7 Å². The second-order valence-corrected chi connectivity index (χ2v) is 7.17. The van der Waals surface area contributed by atoms with Crippen LogP contribution in [-0.4, -0.2) is 49.1 Å². The minimum atomic E-state index is -0.692. The van der Waals surface area contributed by atoms with Crippen LogP contribution in [0.25, 0.3) is 5.76 Å². The predicted octanol–water partition coefficient (Wildman–Crippen LogP) is 3.72. The smallest absolute Gasteiger partial charge is 0.295 e. The summed E-state index contributed by atoms with van der Waals surface area (Å²) in [6.45, 7) is 2.85. The van der Waals surface area contributed by atoms with E-state index in [-0.39, 0.29) is 11.3 Å². The predicted molar refractivity (Wildman–Crippen MR) is 114 cm³/mol. The van der Waals surface area contributed by atoms with Gasteiger partial charge in [0.15, 0.2) is 0 Å². The average Bonchev–Trinajstić information content (AvgIpc) is 3.04. The van der Waals surface area contributed by atoms with Gasteiger partial charge in [-0.15, -0.1) is 0 Å². The van der Waals surface area contributed by atoms with Crippen molar-refractivity contribution in [2.75, 3.05) is 27.4 Å². The minimum Gasteiger partial charge on any atom is -0.507 e. The molecule has 0 bridgehead atoms. The van der Waals surface area contributed by atoms with Crippen molar-refractivity contribution in [3.63, 3.8) is 0 Å². The molecule has 1 atom stereocenters. The summed E-state index contributed by atoms with van der Waals surface area (Å²) in [5.41, 5.74) is 2.43. The highest BCUT2D eigenvalue weighted by molar-refractivity contribution is 6.46. The van der Waals surface area contributed by atoms with Crippen LogP contribution in [-0.2, 0) is 20.7 Å². The van der Waals surface area contributed by atoms with Crippen LogP contribution >= 0.6 is 0 Å². The number of Topliss-reactive ketones (excluding diaryl/α,β-unsaturated/α-hetero) is 1. The Labute approximate surface area is 176 Å². The summed E-state index contributed by atoms with van der Waals surface area (Å²) >= 11 is 0. The van der Waals surface area contributed by atoms with E-state index in [1.54, 1.807) is 44.6 Å². The lowest BCUT2D eigenvalue weighted by Crippen LogP contribution is -2.31. The summed E-state index contributed by atoms with van der Waals surface area (Å²) < 4.78 is 10.4. The quantitative estimate of drug-likeness (QED) is 0.311. The van der Waals surface area contributed by atoms with Crippen LogP contribution in [0.5, 0.6) is 5.75 Å². The van der Waals surface area contributed by atoms with Crippen molar-refractivity contribution >= 4 is 17.4 Å². The molecule has 2 aromatic carbocycles. The number of nitrogens with zero attached hydrogens (tertiary/aromatic N) is 1. The molecule has 1 aliphatic heterocycles. The van der Waals surface area contributed by atoms with Crippen LogP contribution in [0.15, 0.2) is 54.1 Å². The molecule has 0 aliphatic carbocycles. The van der Waals surface area contributed by atoms with Gasteiger partial charge in [0.1, 0.15) is 11.5 Å². The molecule has 0 saturated carbocycles. The van der Waals surface area contributed by atoms with Crippen molar-refractivity contribution in [3.8, 4) is 5.75 Å². The standard InChI is InChI=1S/C24H27NO5/c1-4-16-9-11-17(12-10-16)22(26)20-21(18-7-5-8-19(15-18)30-3)25(13-6-14-29-2)24(28)23(20)27/h5,7-12,15,21,26H,4,6,13-14H2,1-3H3/b22-20-. The van der Waals surface area contributed by atoms with Gasteiger partial charge in [0.25, 0.3) is 11.7 Å². The number of ketones is 1. The molecule has 0 spiro atoms. The van der Waals surface area contributed by atoms with Gasteiger partial charge in [0, 0.05) is 25.8 Å². The van der Waals surface area contributed by atoms with Crippen molar-refractivity contribution in [3.05, 3.63) is 70.8 Å². The molecule has 0 aromatic heterocycles. The molecule has 1 amide bonds. The molecular formula is C24H27NO5. The number of likely N-dealkylation sites (tertiary alicyclic amines) is 1. The van der Waals surface area contributed by atoms with Gasteiger partial charge in [0.2, 0.25) is 0 Å². The molecule has 1 heterocycles. The lowest BCUT2D eigenvalue weighted by atomic mass is 9.94. The molecule has 2 aromatic rings. The van der Waals surface area contributed by atoms with Gasteiger partial charge in [-0.3, -0.25) is 9.59 Å². The Morgan fingerprint density at radius 3 is 2.47 bits per heavy atom. The topological polar surface area (TPSA) is 76.1 Å². The third-order valence-corrected chi connectivity index (χ3v) is 5.33. The first kappa shape index (κ1) is 21.6. The van der Waals surface area contributed by atoms with E-state index in [0.29, 0.717) is 36.4 Å². The van der Waals surface area contributed by atoms with Crippen LogP contribution in [0.1, 0.15) is 36.1 Å². The van der Waals surface area contributed by atoms with Crippen molar-refractivity contribution in [1.82, 2.24) is 4.90 Å². The molecule has 0 radical (unpaired) electrons. The highest BCUT2D eigenvalue weighted by Crippen LogP contribution is 2.40. The normalized spacial score (nSPS) is 18.1. The fraction of sp³-hybridized carbons (Fsp3) is 0.333. The molecule has 1 saturated heterocycles. The van der Waals surface area contributed by atoms with Gasteiger partial charge >= 0.3 is 0 Å². The number of aliphatic hydroxyl groups excluding tert-OH is 1. The number of amides is 1. The summed E-state index contributed by atoms with van der Waals surface area (Å²) in [5.74, 6) is -0.858. The Bertz CT molecular complexity index is 948. The van der Waals surface area contributed by atoms with Gasteiger partial charge < -0.3 is 19.5 Å². The highest BCUT2D eigenvalue weighted by Gasteiger charge is 2.45. The number of aliphatic hydroxyl groups is 1. The summed E-state index contributed by atoms with van der Waals surface area (Å²) in [4.78, 5) is 27.3. The van der Waals surface area contributed by atoms with Crippen LogP contribution in [0.3, 0.4) is 0 Å². The molecule has 1 unspecified atom stereocenters. The maximum atomic E-state index is 13.0. The first-order valence-electron chi connectivity index (χ1n) is 10.0. The zero-order chi connectivity index (χ0) is 21.7. The van der Waals surface area contributed by atoms with E-state index >= 15 is 0 Å². The molecule has 1 N–H and O–H groups in total. The molecular weight excluding hydrogens is 382 g/mol. The zero-order valence-electron chi connectivity index (χ0n) is 17.6. The zero-order valence-corrected chi connectivity index (χ0v) is 17.6. The average molecular weight is 409 g/mol. The molecule has 158 valence electrons. The Hall–Kier alpha value is -3.12. The van der Waals surface area contributed by atoms with Gasteiger partial charge in [-0.2, -0.15) is 0 Å². The first-order valence-corrected chi connectivity index (χ1v) is 10.0. The third-order valence-electron chi connectivity index (χ3n) is 5.33. The largest absolute Gasteiger partial charge is 0.507 e. The number of aryl methyl sites for hydroxylation is 1. The Morgan fingerprint density at radius 1 is 1.10 bits per heavy atom. The Kier molecular flexibility index (Phi) is 6.90. The molecule has 30 heavy (non-hydrogen) atoms. The number of rotatable bonds is 8. The van der Waals surface area contributed by atoms with E-state index in [0.717, 1.165) is 12.0 Å². The first-order chi connectivity index (χ1) is 14.5. The molecule has 3 rings (SSSR count). The lowest BCUT2D eigenvalue weighted by Gasteiger charge is -2.25. The van der Waals surface area contributed by atoms with Crippen molar-refractivity contribution in [1.29, 1.82) is 0 Å². The van der Waals surface area contributed by atoms with E-state index in [1.807, 2.05) is 25.1 Å². The maximum absolute atomic E-state index is 13.0. The van der Waals surface area contributed by atoms with Crippen molar-refractivity contribution in [2.45, 2.75) is 25.8 Å². The molecule has 6 heteroatoms. The summed E-state index contributed by atoms with van der Waals surface area (Å²) in [6, 6.07) is 13.9. The maximum Gasteiger partial charge on any atom is 0.295 e. The second kappa shape index (κ2) is 9.59. The summed E-state index contributed by atoms with van der Waals surface area (Å²) in [6.07, 6.45) is 1.45. The summed E-state index contributed by atoms with van der Waals surface area (Å²) in [5, 5.41) is 11.0. The number of hydrogen-bond acceptors (Lipinski definition) is 5. The summed E-state index contributed by atoms with van der Waals surface area (Å²) in [7, 11) is 3.15. The van der Waals surface area contributed by atoms with Crippen molar-refractivity contribution in [2.24, 2.45) is 0 Å². The van der Waals surface area contributed by atoms with Crippen molar-refractivity contribution < 1.29 is 24.2 Å². The highest BCUT2D eigenvalue weighted by atomic mass is 16.5. The second-order valence-electron chi connectivity index (χ2n) is 7.17. The van der Waals surface area contributed by atoms with Crippen LogP contribution in [0, 0.1) is 0 Å². The number of benzene rings is 2. The monoisotopic (exact) mass is 409 g/mol. The minimum absolute atomic E-state index is 0.0925. The lowest BCUT2D eigenvalue weighted by molar-refractivity contribution is -0.140.